The predicted molar refractivity (Wildman–Crippen MR) is 51.8 cm³/mol. The summed E-state index contributed by atoms with van der Waals surface area (Å²) in [5.74, 6) is 0. The van der Waals surface area contributed by atoms with Gasteiger partial charge in [-0.1, -0.05) is 13.8 Å². The zero-order valence-corrected chi connectivity index (χ0v) is 8.51. The van der Waals surface area contributed by atoms with Crippen molar-refractivity contribution in [1.29, 1.82) is 5.26 Å². The average molecular weight is 168 g/mol. The summed E-state index contributed by atoms with van der Waals surface area (Å²) >= 11 is 0. The summed E-state index contributed by atoms with van der Waals surface area (Å²) in [5, 5.41) is 8.36. The molecule has 0 rings (SSSR count). The molecule has 0 bridgehead atoms. The van der Waals surface area contributed by atoms with Crippen molar-refractivity contribution in [3.63, 3.8) is 0 Å². The minimum Gasteiger partial charge on any atom is -0.303 e. The molecule has 2 nitrogen and oxygen atoms in total. The van der Waals surface area contributed by atoms with Gasteiger partial charge >= 0.3 is 0 Å². The molecule has 0 fully saturated rings. The normalized spacial score (nSPS) is 10.7. The van der Waals surface area contributed by atoms with E-state index < -0.39 is 0 Å². The van der Waals surface area contributed by atoms with Crippen molar-refractivity contribution in [2.24, 2.45) is 0 Å². The largest absolute Gasteiger partial charge is 0.303 e. The van der Waals surface area contributed by atoms with Crippen LogP contribution in [0.15, 0.2) is 0 Å². The lowest BCUT2D eigenvalue weighted by molar-refractivity contribution is 0.228. The number of hydrogen-bond donors (Lipinski definition) is 0. The molecule has 70 valence electrons. The summed E-state index contributed by atoms with van der Waals surface area (Å²) in [6, 6.07) is 2.87. The molecule has 0 aromatic heterocycles. The number of unbranched alkanes of at least 4 members (excludes halogenated alkanes) is 1. The molecule has 12 heavy (non-hydrogen) atoms. The Bertz CT molecular complexity index is 133. The standard InChI is InChI=1S/C10H20N2/c1-4-10(5-2)12(3)9-7-6-8-11/h10H,4-7,9H2,1-3H3. The Hall–Kier alpha value is -0.550. The van der Waals surface area contributed by atoms with Gasteiger partial charge in [0.05, 0.1) is 6.07 Å². The van der Waals surface area contributed by atoms with Gasteiger partial charge in [0.15, 0.2) is 0 Å². The fraction of sp³-hybridized carbons (Fsp3) is 0.900. The molecule has 2 heteroatoms. The summed E-state index contributed by atoms with van der Waals surface area (Å²) in [6.07, 6.45) is 4.10. The molecule has 0 radical (unpaired) electrons. The molecule has 0 N–H and O–H groups in total. The Morgan fingerprint density at radius 1 is 1.33 bits per heavy atom. The maximum atomic E-state index is 8.36. The van der Waals surface area contributed by atoms with Gasteiger partial charge in [-0.05, 0) is 32.9 Å². The van der Waals surface area contributed by atoms with Crippen LogP contribution in [0, 0.1) is 11.3 Å². The Kier molecular flexibility index (Phi) is 6.79. The van der Waals surface area contributed by atoms with E-state index in [0.29, 0.717) is 12.5 Å². The number of hydrogen-bond acceptors (Lipinski definition) is 2. The molecule has 0 aromatic carbocycles. The summed E-state index contributed by atoms with van der Waals surface area (Å²) in [5.41, 5.74) is 0. The Morgan fingerprint density at radius 3 is 2.33 bits per heavy atom. The molecule has 0 atom stereocenters. The van der Waals surface area contributed by atoms with E-state index in [-0.39, 0.29) is 0 Å². The monoisotopic (exact) mass is 168 g/mol. The van der Waals surface area contributed by atoms with E-state index in [1.165, 1.54) is 12.8 Å². The van der Waals surface area contributed by atoms with Crippen LogP contribution in [0.1, 0.15) is 39.5 Å². The summed E-state index contributed by atoms with van der Waals surface area (Å²) in [7, 11) is 2.15. The molecular weight excluding hydrogens is 148 g/mol. The van der Waals surface area contributed by atoms with Crippen LogP contribution in [0.4, 0.5) is 0 Å². The summed E-state index contributed by atoms with van der Waals surface area (Å²) < 4.78 is 0. The van der Waals surface area contributed by atoms with Crippen LogP contribution in [0.2, 0.25) is 0 Å². The van der Waals surface area contributed by atoms with E-state index in [1.807, 2.05) is 0 Å². The zero-order chi connectivity index (χ0) is 9.40. The van der Waals surface area contributed by atoms with Crippen molar-refractivity contribution in [3.8, 4) is 6.07 Å². The second-order valence-corrected chi connectivity index (χ2v) is 3.21. The molecule has 0 aliphatic rings. The molecule has 0 amide bonds. The Morgan fingerprint density at radius 2 is 1.92 bits per heavy atom. The van der Waals surface area contributed by atoms with Gasteiger partial charge in [-0.3, -0.25) is 0 Å². The Labute approximate surface area is 76.2 Å². The van der Waals surface area contributed by atoms with Crippen LogP contribution in [0.3, 0.4) is 0 Å². The Balaban J connectivity index is 3.55. The third-order valence-corrected chi connectivity index (χ3v) is 2.37. The lowest BCUT2D eigenvalue weighted by Crippen LogP contribution is -2.31. The van der Waals surface area contributed by atoms with E-state index >= 15 is 0 Å². The van der Waals surface area contributed by atoms with Crippen molar-refractivity contribution < 1.29 is 0 Å². The van der Waals surface area contributed by atoms with Crippen molar-refractivity contribution in [2.45, 2.75) is 45.6 Å². The summed E-state index contributed by atoms with van der Waals surface area (Å²) in [6.45, 7) is 5.49. The van der Waals surface area contributed by atoms with Gasteiger partial charge in [0.2, 0.25) is 0 Å². The average Bonchev–Trinajstić information content (AvgIpc) is 2.07. The smallest absolute Gasteiger partial charge is 0.0622 e. The maximum Gasteiger partial charge on any atom is 0.0622 e. The first-order valence-corrected chi connectivity index (χ1v) is 4.83. The fourth-order valence-electron chi connectivity index (χ4n) is 1.50. The third kappa shape index (κ3) is 4.35. The minimum absolute atomic E-state index is 0.685. The fourth-order valence-corrected chi connectivity index (χ4v) is 1.50. The van der Waals surface area contributed by atoms with Gasteiger partial charge in [-0.2, -0.15) is 5.26 Å². The molecule has 0 unspecified atom stereocenters. The van der Waals surface area contributed by atoms with Crippen molar-refractivity contribution in [3.05, 3.63) is 0 Å². The number of nitrogens with zero attached hydrogens (tertiary/aromatic N) is 2. The number of rotatable bonds is 6. The second kappa shape index (κ2) is 7.12. The minimum atomic E-state index is 0.685. The molecule has 0 aliphatic heterocycles. The van der Waals surface area contributed by atoms with E-state index in [0.717, 1.165) is 13.0 Å². The van der Waals surface area contributed by atoms with Crippen LogP contribution in [-0.2, 0) is 0 Å². The highest BCUT2D eigenvalue weighted by Crippen LogP contribution is 2.06. The van der Waals surface area contributed by atoms with Gasteiger partial charge in [-0.15, -0.1) is 0 Å². The van der Waals surface area contributed by atoms with Gasteiger partial charge in [0.25, 0.3) is 0 Å². The van der Waals surface area contributed by atoms with Crippen LogP contribution in [0.25, 0.3) is 0 Å². The molecule has 0 heterocycles. The lowest BCUT2D eigenvalue weighted by atomic mass is 10.1. The van der Waals surface area contributed by atoms with Gasteiger partial charge < -0.3 is 4.90 Å². The first-order chi connectivity index (χ1) is 5.76. The second-order valence-electron chi connectivity index (χ2n) is 3.21. The summed E-state index contributed by atoms with van der Waals surface area (Å²) in [4.78, 5) is 2.36. The quantitative estimate of drug-likeness (QED) is 0.569. The third-order valence-electron chi connectivity index (χ3n) is 2.37. The first-order valence-electron chi connectivity index (χ1n) is 4.83. The highest BCUT2D eigenvalue weighted by atomic mass is 15.1. The van der Waals surface area contributed by atoms with Crippen LogP contribution in [0.5, 0.6) is 0 Å². The lowest BCUT2D eigenvalue weighted by Gasteiger charge is -2.25. The van der Waals surface area contributed by atoms with Crippen LogP contribution < -0.4 is 0 Å². The molecule has 0 aromatic rings. The van der Waals surface area contributed by atoms with E-state index in [1.54, 1.807) is 0 Å². The molecule has 0 spiro atoms. The molecule has 0 saturated heterocycles. The van der Waals surface area contributed by atoms with Gasteiger partial charge in [0.1, 0.15) is 0 Å². The topological polar surface area (TPSA) is 27.0 Å². The van der Waals surface area contributed by atoms with Crippen molar-refractivity contribution in [2.75, 3.05) is 13.6 Å². The zero-order valence-electron chi connectivity index (χ0n) is 8.51. The molecule has 0 saturated carbocycles. The van der Waals surface area contributed by atoms with Crippen molar-refractivity contribution >= 4 is 0 Å². The molecular formula is C10H20N2. The van der Waals surface area contributed by atoms with E-state index in [2.05, 4.69) is 31.9 Å². The van der Waals surface area contributed by atoms with Gasteiger partial charge in [0, 0.05) is 12.5 Å². The maximum absolute atomic E-state index is 8.36. The SMILES string of the molecule is CCC(CC)N(C)CCCC#N. The van der Waals surface area contributed by atoms with Crippen LogP contribution >= 0.6 is 0 Å². The van der Waals surface area contributed by atoms with E-state index in [4.69, 9.17) is 5.26 Å². The first kappa shape index (κ1) is 11.4. The predicted octanol–water partition coefficient (Wildman–Crippen LogP) is 2.41. The highest BCUT2D eigenvalue weighted by Gasteiger charge is 2.08. The van der Waals surface area contributed by atoms with Gasteiger partial charge in [-0.25, -0.2) is 0 Å². The van der Waals surface area contributed by atoms with Crippen LogP contribution in [-0.4, -0.2) is 24.5 Å². The van der Waals surface area contributed by atoms with Crippen molar-refractivity contribution in [1.82, 2.24) is 4.90 Å². The van der Waals surface area contributed by atoms with E-state index in [9.17, 15) is 0 Å². The highest BCUT2D eigenvalue weighted by molar-refractivity contribution is 4.71. The number of nitriles is 1. The molecule has 0 aliphatic carbocycles.